The van der Waals surface area contributed by atoms with Gasteiger partial charge in [0.2, 0.25) is 0 Å². The molecule has 1 aromatic carbocycles. The fourth-order valence-corrected chi connectivity index (χ4v) is 2.08. The summed E-state index contributed by atoms with van der Waals surface area (Å²) in [4.78, 5) is 35.0. The summed E-state index contributed by atoms with van der Waals surface area (Å²) in [6, 6.07) is 7.77. The van der Waals surface area contributed by atoms with Gasteiger partial charge in [-0.15, -0.1) is 0 Å². The minimum atomic E-state index is -0.743. The topological polar surface area (TPSA) is 77.4 Å². The SMILES string of the molecule is Cc1ccc(NC(=O)COC(=O)c2ccn(C)c(=O)c2)c(Cl)c1. The van der Waals surface area contributed by atoms with E-state index in [2.05, 4.69) is 5.32 Å². The van der Waals surface area contributed by atoms with E-state index in [0.29, 0.717) is 10.7 Å². The van der Waals surface area contributed by atoms with Gasteiger partial charge >= 0.3 is 5.97 Å². The largest absolute Gasteiger partial charge is 0.452 e. The number of benzene rings is 1. The zero-order valence-electron chi connectivity index (χ0n) is 12.6. The van der Waals surface area contributed by atoms with Gasteiger partial charge < -0.3 is 14.6 Å². The van der Waals surface area contributed by atoms with E-state index in [1.54, 1.807) is 25.2 Å². The van der Waals surface area contributed by atoms with Crippen molar-refractivity contribution in [2.24, 2.45) is 7.05 Å². The second kappa shape index (κ2) is 7.11. The van der Waals surface area contributed by atoms with Crippen molar-refractivity contribution in [3.8, 4) is 0 Å². The predicted octanol–water partition coefficient (Wildman–Crippen LogP) is 2.14. The summed E-state index contributed by atoms with van der Waals surface area (Å²) in [5, 5.41) is 2.95. The first-order valence-corrected chi connectivity index (χ1v) is 7.14. The first-order valence-electron chi connectivity index (χ1n) is 6.76. The number of anilines is 1. The van der Waals surface area contributed by atoms with Gasteiger partial charge in [-0.2, -0.15) is 0 Å². The summed E-state index contributed by atoms with van der Waals surface area (Å²) in [5.41, 5.74) is 1.15. The zero-order valence-corrected chi connectivity index (χ0v) is 13.4. The maximum Gasteiger partial charge on any atom is 0.338 e. The second-order valence-corrected chi connectivity index (χ2v) is 5.38. The number of nitrogens with one attached hydrogen (secondary N) is 1. The van der Waals surface area contributed by atoms with Crippen LogP contribution in [0.3, 0.4) is 0 Å². The molecule has 2 aromatic rings. The van der Waals surface area contributed by atoms with Gasteiger partial charge in [-0.25, -0.2) is 4.79 Å². The Morgan fingerprint density at radius 1 is 1.26 bits per heavy atom. The molecule has 1 aromatic heterocycles. The summed E-state index contributed by atoms with van der Waals surface area (Å²) in [6.07, 6.45) is 1.45. The highest BCUT2D eigenvalue weighted by atomic mass is 35.5. The van der Waals surface area contributed by atoms with Crippen LogP contribution >= 0.6 is 11.6 Å². The van der Waals surface area contributed by atoms with Gasteiger partial charge in [-0.05, 0) is 30.7 Å². The zero-order chi connectivity index (χ0) is 17.0. The Hall–Kier alpha value is -2.60. The van der Waals surface area contributed by atoms with E-state index < -0.39 is 18.5 Å². The molecule has 0 fully saturated rings. The molecule has 0 spiro atoms. The number of aryl methyl sites for hydroxylation is 2. The fraction of sp³-hybridized carbons (Fsp3) is 0.188. The van der Waals surface area contributed by atoms with E-state index in [4.69, 9.17) is 16.3 Å². The quantitative estimate of drug-likeness (QED) is 0.869. The average molecular weight is 335 g/mol. The van der Waals surface area contributed by atoms with Crippen LogP contribution in [-0.4, -0.2) is 23.1 Å². The number of amides is 1. The van der Waals surface area contributed by atoms with Crippen LogP contribution in [0.25, 0.3) is 0 Å². The number of rotatable bonds is 4. The van der Waals surface area contributed by atoms with Crippen molar-refractivity contribution >= 4 is 29.2 Å². The molecule has 0 atom stereocenters. The molecule has 1 amide bonds. The monoisotopic (exact) mass is 334 g/mol. The van der Waals surface area contributed by atoms with Crippen LogP contribution in [0, 0.1) is 6.92 Å². The van der Waals surface area contributed by atoms with E-state index in [1.165, 1.54) is 16.8 Å². The Balaban J connectivity index is 1.94. The lowest BCUT2D eigenvalue weighted by molar-refractivity contribution is -0.119. The van der Waals surface area contributed by atoms with E-state index in [1.807, 2.05) is 6.92 Å². The van der Waals surface area contributed by atoms with Crippen LogP contribution < -0.4 is 10.9 Å². The molecule has 6 nitrogen and oxygen atoms in total. The molecule has 1 heterocycles. The van der Waals surface area contributed by atoms with Crippen molar-refractivity contribution in [2.45, 2.75) is 6.92 Å². The van der Waals surface area contributed by atoms with Crippen molar-refractivity contribution < 1.29 is 14.3 Å². The summed E-state index contributed by atoms with van der Waals surface area (Å²) in [5.74, 6) is -1.26. The van der Waals surface area contributed by atoms with Gasteiger partial charge in [-0.3, -0.25) is 9.59 Å². The first-order chi connectivity index (χ1) is 10.9. The van der Waals surface area contributed by atoms with E-state index in [-0.39, 0.29) is 11.1 Å². The van der Waals surface area contributed by atoms with Crippen LogP contribution in [-0.2, 0) is 16.6 Å². The van der Waals surface area contributed by atoms with Crippen LogP contribution in [0.15, 0.2) is 41.3 Å². The summed E-state index contributed by atoms with van der Waals surface area (Å²) >= 11 is 6.00. The Morgan fingerprint density at radius 2 is 2.00 bits per heavy atom. The maximum atomic E-state index is 11.8. The maximum absolute atomic E-state index is 11.8. The molecule has 0 aliphatic heterocycles. The van der Waals surface area contributed by atoms with E-state index in [0.717, 1.165) is 11.6 Å². The molecule has 0 unspecified atom stereocenters. The minimum absolute atomic E-state index is 0.0919. The summed E-state index contributed by atoms with van der Waals surface area (Å²) < 4.78 is 6.20. The molecule has 0 aliphatic carbocycles. The van der Waals surface area contributed by atoms with Gasteiger partial charge in [-0.1, -0.05) is 17.7 Å². The highest BCUT2D eigenvalue weighted by Crippen LogP contribution is 2.22. The number of carbonyl (C=O) groups is 2. The smallest absolute Gasteiger partial charge is 0.338 e. The Morgan fingerprint density at radius 3 is 2.65 bits per heavy atom. The molecule has 7 heteroatoms. The third kappa shape index (κ3) is 4.43. The molecule has 0 radical (unpaired) electrons. The lowest BCUT2D eigenvalue weighted by atomic mass is 10.2. The molecule has 0 saturated heterocycles. The number of esters is 1. The number of halogens is 1. The molecule has 2 rings (SSSR count). The van der Waals surface area contributed by atoms with Gasteiger partial charge in [0, 0.05) is 19.3 Å². The summed E-state index contributed by atoms with van der Waals surface area (Å²) in [6.45, 7) is 1.40. The molecule has 120 valence electrons. The molecule has 23 heavy (non-hydrogen) atoms. The van der Waals surface area contributed by atoms with Crippen molar-refractivity contribution in [2.75, 3.05) is 11.9 Å². The second-order valence-electron chi connectivity index (χ2n) is 4.97. The van der Waals surface area contributed by atoms with E-state index in [9.17, 15) is 14.4 Å². The highest BCUT2D eigenvalue weighted by Gasteiger charge is 2.12. The molecular formula is C16H15ClN2O4. The first kappa shape index (κ1) is 16.8. The van der Waals surface area contributed by atoms with Crippen molar-refractivity contribution in [3.05, 3.63) is 63.0 Å². The van der Waals surface area contributed by atoms with Crippen molar-refractivity contribution in [1.82, 2.24) is 4.57 Å². The number of hydrogen-bond donors (Lipinski definition) is 1. The Bertz CT molecular complexity index is 814. The Kier molecular flexibility index (Phi) is 5.18. The minimum Gasteiger partial charge on any atom is -0.452 e. The number of aromatic nitrogens is 1. The Labute approximate surface area is 137 Å². The lowest BCUT2D eigenvalue weighted by Gasteiger charge is -2.08. The summed E-state index contributed by atoms with van der Waals surface area (Å²) in [7, 11) is 1.57. The highest BCUT2D eigenvalue weighted by molar-refractivity contribution is 6.33. The number of carbonyl (C=O) groups excluding carboxylic acids is 2. The van der Waals surface area contributed by atoms with Gasteiger partial charge in [0.25, 0.3) is 11.5 Å². The normalized spacial score (nSPS) is 10.2. The molecule has 1 N–H and O–H groups in total. The van der Waals surface area contributed by atoms with Crippen LogP contribution in [0.1, 0.15) is 15.9 Å². The lowest BCUT2D eigenvalue weighted by Crippen LogP contribution is -2.22. The van der Waals surface area contributed by atoms with Gasteiger partial charge in [0.1, 0.15) is 0 Å². The third-order valence-electron chi connectivity index (χ3n) is 3.07. The van der Waals surface area contributed by atoms with Crippen LogP contribution in [0.2, 0.25) is 5.02 Å². The van der Waals surface area contributed by atoms with Crippen LogP contribution in [0.5, 0.6) is 0 Å². The standard InChI is InChI=1S/C16H15ClN2O4/c1-10-3-4-13(12(17)7-10)18-14(20)9-23-16(22)11-5-6-19(2)15(21)8-11/h3-8H,9H2,1-2H3,(H,18,20). The van der Waals surface area contributed by atoms with Crippen LogP contribution in [0.4, 0.5) is 5.69 Å². The average Bonchev–Trinajstić information content (AvgIpc) is 2.50. The number of hydrogen-bond acceptors (Lipinski definition) is 4. The number of nitrogens with zero attached hydrogens (tertiary/aromatic N) is 1. The molecule has 0 saturated carbocycles. The van der Waals surface area contributed by atoms with E-state index >= 15 is 0 Å². The number of ether oxygens (including phenoxy) is 1. The van der Waals surface area contributed by atoms with Crippen molar-refractivity contribution in [3.63, 3.8) is 0 Å². The molecule has 0 aliphatic rings. The number of pyridine rings is 1. The molecular weight excluding hydrogens is 320 g/mol. The fourth-order valence-electron chi connectivity index (χ4n) is 1.80. The molecule has 0 bridgehead atoms. The van der Waals surface area contributed by atoms with Crippen molar-refractivity contribution in [1.29, 1.82) is 0 Å². The van der Waals surface area contributed by atoms with Gasteiger partial charge in [0.15, 0.2) is 6.61 Å². The predicted molar refractivity (Wildman–Crippen MR) is 86.8 cm³/mol. The third-order valence-corrected chi connectivity index (χ3v) is 3.39. The van der Waals surface area contributed by atoms with Gasteiger partial charge in [0.05, 0.1) is 16.3 Å².